The van der Waals surface area contributed by atoms with E-state index >= 15 is 0 Å². The molecule has 0 aliphatic heterocycles. The molecule has 1 atom stereocenters. The molecule has 0 saturated carbocycles. The Morgan fingerprint density at radius 1 is 1.00 bits per heavy atom. The highest BCUT2D eigenvalue weighted by molar-refractivity contribution is 5.71. The summed E-state index contributed by atoms with van der Waals surface area (Å²) in [6.07, 6.45) is 5.24. The Bertz CT molecular complexity index is 213. The van der Waals surface area contributed by atoms with Crippen molar-refractivity contribution in [1.29, 1.82) is 0 Å². The fraction of sp³-hybridized carbons (Fsp3) is 0.833. The maximum Gasteiger partial charge on any atom is 0.308 e. The zero-order valence-corrected chi connectivity index (χ0v) is 10.5. The van der Waals surface area contributed by atoms with E-state index in [1.54, 1.807) is 0 Å². The maximum absolute atomic E-state index is 11.1. The summed E-state index contributed by atoms with van der Waals surface area (Å²) in [5.74, 6) is -0.317. The Morgan fingerprint density at radius 2 is 1.62 bits per heavy atom. The number of unbranched alkanes of at least 4 members (excludes halogenated alkanes) is 3. The van der Waals surface area contributed by atoms with E-state index in [9.17, 15) is 9.59 Å². The van der Waals surface area contributed by atoms with Gasteiger partial charge in [0.25, 0.3) is 0 Å². The number of hydrogen-bond acceptors (Lipinski definition) is 4. The number of rotatable bonds is 8. The number of carbonyl (C=O) groups excluding carboxylic acids is 2. The predicted molar refractivity (Wildman–Crippen MR) is 60.9 cm³/mol. The molecule has 0 aromatic rings. The van der Waals surface area contributed by atoms with Crippen LogP contribution in [0.5, 0.6) is 0 Å². The van der Waals surface area contributed by atoms with E-state index in [0.29, 0.717) is 6.42 Å². The minimum Gasteiger partial charge on any atom is -0.469 e. The van der Waals surface area contributed by atoms with Crippen LogP contribution in [0.25, 0.3) is 0 Å². The Hall–Kier alpha value is -1.06. The molecule has 0 rings (SSSR count). The van der Waals surface area contributed by atoms with Crippen LogP contribution in [-0.2, 0) is 19.1 Å². The quantitative estimate of drug-likeness (QED) is 0.474. The molecule has 0 spiro atoms. The Labute approximate surface area is 97.3 Å². The van der Waals surface area contributed by atoms with Crippen LogP contribution < -0.4 is 0 Å². The lowest BCUT2D eigenvalue weighted by molar-refractivity contribution is -0.145. The SMILES string of the molecule is COC(=O)CCCCCCC(C)C(=O)OC. The van der Waals surface area contributed by atoms with E-state index in [-0.39, 0.29) is 17.9 Å². The summed E-state index contributed by atoms with van der Waals surface area (Å²) >= 11 is 0. The van der Waals surface area contributed by atoms with Crippen LogP contribution in [0.15, 0.2) is 0 Å². The smallest absolute Gasteiger partial charge is 0.308 e. The lowest BCUT2D eigenvalue weighted by Gasteiger charge is -2.08. The standard InChI is InChI=1S/C12H22O4/c1-10(12(14)16-3)8-6-4-5-7-9-11(13)15-2/h10H,4-9H2,1-3H3. The number of carbonyl (C=O) groups is 2. The first-order valence-corrected chi connectivity index (χ1v) is 5.76. The zero-order chi connectivity index (χ0) is 12.4. The molecular weight excluding hydrogens is 208 g/mol. The molecule has 0 aliphatic carbocycles. The summed E-state index contributed by atoms with van der Waals surface area (Å²) in [6, 6.07) is 0. The molecule has 0 N–H and O–H groups in total. The summed E-state index contributed by atoms with van der Waals surface area (Å²) in [6.45, 7) is 1.88. The second-order valence-electron chi connectivity index (χ2n) is 3.95. The Morgan fingerprint density at radius 3 is 2.19 bits per heavy atom. The molecule has 0 aromatic carbocycles. The van der Waals surface area contributed by atoms with E-state index in [0.717, 1.165) is 32.1 Å². The molecule has 0 heterocycles. The summed E-state index contributed by atoms with van der Waals surface area (Å²) in [4.78, 5) is 21.9. The average molecular weight is 230 g/mol. The van der Waals surface area contributed by atoms with Gasteiger partial charge in [0.1, 0.15) is 0 Å². The second-order valence-corrected chi connectivity index (χ2v) is 3.95. The molecule has 16 heavy (non-hydrogen) atoms. The van der Waals surface area contributed by atoms with Gasteiger partial charge in [0, 0.05) is 6.42 Å². The molecular formula is C12H22O4. The third-order valence-electron chi connectivity index (χ3n) is 2.60. The maximum atomic E-state index is 11.1. The molecule has 0 amide bonds. The van der Waals surface area contributed by atoms with Gasteiger partial charge in [-0.25, -0.2) is 0 Å². The lowest BCUT2D eigenvalue weighted by Crippen LogP contribution is -2.12. The van der Waals surface area contributed by atoms with Gasteiger partial charge < -0.3 is 9.47 Å². The van der Waals surface area contributed by atoms with E-state index < -0.39 is 0 Å². The highest BCUT2D eigenvalue weighted by Crippen LogP contribution is 2.12. The topological polar surface area (TPSA) is 52.6 Å². The zero-order valence-electron chi connectivity index (χ0n) is 10.5. The summed E-state index contributed by atoms with van der Waals surface area (Å²) in [5, 5.41) is 0. The van der Waals surface area contributed by atoms with Gasteiger partial charge >= 0.3 is 11.9 Å². The van der Waals surface area contributed by atoms with Gasteiger partial charge in [0.05, 0.1) is 20.1 Å². The molecule has 1 unspecified atom stereocenters. The highest BCUT2D eigenvalue weighted by Gasteiger charge is 2.11. The van der Waals surface area contributed by atoms with Crippen molar-refractivity contribution in [3.05, 3.63) is 0 Å². The van der Waals surface area contributed by atoms with Crippen LogP contribution in [0.1, 0.15) is 45.4 Å². The Kier molecular flexibility index (Phi) is 8.58. The second kappa shape index (κ2) is 9.19. The van der Waals surface area contributed by atoms with Crippen LogP contribution in [-0.4, -0.2) is 26.2 Å². The lowest BCUT2D eigenvalue weighted by atomic mass is 10.0. The molecule has 4 heteroatoms. The summed E-state index contributed by atoms with van der Waals surface area (Å²) < 4.78 is 9.18. The molecule has 0 aromatic heterocycles. The van der Waals surface area contributed by atoms with E-state index in [2.05, 4.69) is 9.47 Å². The van der Waals surface area contributed by atoms with Crippen LogP contribution in [0.2, 0.25) is 0 Å². The molecule has 4 nitrogen and oxygen atoms in total. The molecule has 0 aliphatic rings. The molecule has 0 saturated heterocycles. The fourth-order valence-electron chi connectivity index (χ4n) is 1.49. The third kappa shape index (κ3) is 7.26. The van der Waals surface area contributed by atoms with Gasteiger partial charge in [-0.1, -0.05) is 26.2 Å². The number of hydrogen-bond donors (Lipinski definition) is 0. The minimum absolute atomic E-state index is 0.0226. The summed E-state index contributed by atoms with van der Waals surface area (Å²) in [5.41, 5.74) is 0. The first-order chi connectivity index (χ1) is 7.61. The van der Waals surface area contributed by atoms with Crippen molar-refractivity contribution in [2.45, 2.75) is 45.4 Å². The van der Waals surface area contributed by atoms with E-state index in [1.807, 2.05) is 6.92 Å². The van der Waals surface area contributed by atoms with Gasteiger partial charge in [0.15, 0.2) is 0 Å². The van der Waals surface area contributed by atoms with Crippen molar-refractivity contribution in [3.63, 3.8) is 0 Å². The van der Waals surface area contributed by atoms with Crippen molar-refractivity contribution in [1.82, 2.24) is 0 Å². The number of esters is 2. The van der Waals surface area contributed by atoms with Crippen molar-refractivity contribution >= 4 is 11.9 Å². The fourth-order valence-corrected chi connectivity index (χ4v) is 1.49. The van der Waals surface area contributed by atoms with Crippen molar-refractivity contribution in [2.24, 2.45) is 5.92 Å². The van der Waals surface area contributed by atoms with Crippen molar-refractivity contribution in [2.75, 3.05) is 14.2 Å². The number of ether oxygens (including phenoxy) is 2. The average Bonchev–Trinajstić information content (AvgIpc) is 2.31. The van der Waals surface area contributed by atoms with Crippen LogP contribution in [0, 0.1) is 5.92 Å². The predicted octanol–water partition coefficient (Wildman–Crippen LogP) is 2.31. The number of methoxy groups -OCH3 is 2. The van der Waals surface area contributed by atoms with Crippen LogP contribution >= 0.6 is 0 Å². The van der Waals surface area contributed by atoms with Crippen LogP contribution in [0.3, 0.4) is 0 Å². The van der Waals surface area contributed by atoms with Gasteiger partial charge in [-0.15, -0.1) is 0 Å². The normalized spacial score (nSPS) is 11.9. The van der Waals surface area contributed by atoms with E-state index in [4.69, 9.17) is 0 Å². The largest absolute Gasteiger partial charge is 0.469 e. The molecule has 0 bridgehead atoms. The third-order valence-corrected chi connectivity index (χ3v) is 2.60. The van der Waals surface area contributed by atoms with E-state index in [1.165, 1.54) is 14.2 Å². The molecule has 94 valence electrons. The van der Waals surface area contributed by atoms with Gasteiger partial charge in [-0.3, -0.25) is 9.59 Å². The molecule has 0 fully saturated rings. The van der Waals surface area contributed by atoms with Crippen LogP contribution in [0.4, 0.5) is 0 Å². The Balaban J connectivity index is 3.33. The molecule has 0 radical (unpaired) electrons. The minimum atomic E-state index is -0.150. The first-order valence-electron chi connectivity index (χ1n) is 5.76. The summed E-state index contributed by atoms with van der Waals surface area (Å²) in [7, 11) is 2.82. The van der Waals surface area contributed by atoms with Crippen molar-refractivity contribution < 1.29 is 19.1 Å². The van der Waals surface area contributed by atoms with Crippen molar-refractivity contribution in [3.8, 4) is 0 Å². The first kappa shape index (κ1) is 14.9. The highest BCUT2D eigenvalue weighted by atomic mass is 16.5. The van der Waals surface area contributed by atoms with Gasteiger partial charge in [-0.2, -0.15) is 0 Å². The monoisotopic (exact) mass is 230 g/mol. The van der Waals surface area contributed by atoms with Gasteiger partial charge in [0.2, 0.25) is 0 Å². The van der Waals surface area contributed by atoms with Gasteiger partial charge in [-0.05, 0) is 12.8 Å².